The Morgan fingerprint density at radius 3 is 2.51 bits per heavy atom. The summed E-state index contributed by atoms with van der Waals surface area (Å²) in [6.07, 6.45) is -2.89. The summed E-state index contributed by atoms with van der Waals surface area (Å²) < 4.78 is 71.8. The molecular formula is C23H23F3N4O4S. The molecule has 0 spiro atoms. The van der Waals surface area contributed by atoms with Crippen LogP contribution in [0.1, 0.15) is 35.7 Å². The Kier molecular flexibility index (Phi) is 6.69. The molecule has 1 fully saturated rings. The summed E-state index contributed by atoms with van der Waals surface area (Å²) in [7, 11) is -3.82. The van der Waals surface area contributed by atoms with Gasteiger partial charge in [-0.1, -0.05) is 18.2 Å². The lowest BCUT2D eigenvalue weighted by atomic mass is 9.91. The molecule has 4 rings (SSSR count). The van der Waals surface area contributed by atoms with Crippen LogP contribution in [0.25, 0.3) is 11.5 Å². The number of nitrogens with one attached hydrogen (secondary N) is 1. The van der Waals surface area contributed by atoms with Crippen molar-refractivity contribution in [3.63, 3.8) is 0 Å². The third-order valence-corrected chi connectivity index (χ3v) is 7.80. The maximum Gasteiger partial charge on any atom is 0.491 e. The van der Waals surface area contributed by atoms with Crippen LogP contribution in [-0.4, -0.2) is 52.9 Å². The first-order chi connectivity index (χ1) is 16.5. The second-order valence-corrected chi connectivity index (χ2v) is 10.2. The molecule has 8 nitrogen and oxygen atoms in total. The fourth-order valence-corrected chi connectivity index (χ4v) is 5.57. The number of aromatic amines is 1. The monoisotopic (exact) mass is 508 g/mol. The van der Waals surface area contributed by atoms with Gasteiger partial charge in [0.2, 0.25) is 10.0 Å². The van der Waals surface area contributed by atoms with Gasteiger partial charge in [0, 0.05) is 36.5 Å². The second kappa shape index (κ2) is 9.42. The number of halogens is 3. The highest BCUT2D eigenvalue weighted by atomic mass is 32.2. The highest BCUT2D eigenvalue weighted by Crippen LogP contribution is 2.40. The van der Waals surface area contributed by atoms with Gasteiger partial charge in [0.1, 0.15) is 5.69 Å². The number of piperidine rings is 1. The number of hydrogen-bond acceptors (Lipinski definition) is 6. The maximum absolute atomic E-state index is 13.2. The number of carbonyl (C=O) groups is 1. The predicted octanol–water partition coefficient (Wildman–Crippen LogP) is 4.12. The molecule has 1 aliphatic rings. The topological polar surface area (TPSA) is 105 Å². The fraction of sp³-hybridized carbons (Fsp3) is 0.348. The minimum atomic E-state index is -5.23. The Labute approximate surface area is 200 Å². The molecule has 186 valence electrons. The molecule has 1 saturated heterocycles. The minimum absolute atomic E-state index is 0.00740. The molecule has 2 aromatic heterocycles. The van der Waals surface area contributed by atoms with Crippen molar-refractivity contribution in [1.82, 2.24) is 19.3 Å². The van der Waals surface area contributed by atoms with Crippen molar-refractivity contribution in [3.05, 3.63) is 59.5 Å². The van der Waals surface area contributed by atoms with Gasteiger partial charge in [0.15, 0.2) is 11.6 Å². The van der Waals surface area contributed by atoms with Crippen LogP contribution in [0.5, 0.6) is 5.75 Å². The lowest BCUT2D eigenvalue weighted by molar-refractivity contribution is -0.189. The van der Waals surface area contributed by atoms with E-state index in [1.54, 1.807) is 32.0 Å². The van der Waals surface area contributed by atoms with E-state index in [-0.39, 0.29) is 40.8 Å². The molecule has 1 aromatic carbocycles. The molecule has 1 N–H and O–H groups in total. The molecule has 35 heavy (non-hydrogen) atoms. The number of esters is 1. The van der Waals surface area contributed by atoms with E-state index in [9.17, 15) is 26.4 Å². The molecule has 0 radical (unpaired) electrons. The number of pyridine rings is 1. The number of alkyl halides is 3. The number of imidazole rings is 1. The standard InChI is InChI=1S/C23H23F3N4O4S/c1-14-15(2)29-21(28-14)19-20(34-22(31)23(24,25)26)18(10-11-27-19)16-7-6-12-30(13-16)35(32,33)17-8-4-3-5-9-17/h3-5,8-11,16H,6-7,12-13H2,1-2H3,(H,28,29). The number of sulfonamides is 1. The predicted molar refractivity (Wildman–Crippen MR) is 120 cm³/mol. The lowest BCUT2D eigenvalue weighted by Crippen LogP contribution is -2.39. The number of aromatic nitrogens is 3. The Bertz CT molecular complexity index is 1320. The molecule has 3 heterocycles. The van der Waals surface area contributed by atoms with Gasteiger partial charge in [0.05, 0.1) is 10.6 Å². The minimum Gasteiger partial charge on any atom is -0.417 e. The number of nitrogens with zero attached hydrogens (tertiary/aromatic N) is 3. The lowest BCUT2D eigenvalue weighted by Gasteiger charge is -2.33. The molecule has 0 aliphatic carbocycles. The van der Waals surface area contributed by atoms with Crippen molar-refractivity contribution < 1.29 is 31.1 Å². The van der Waals surface area contributed by atoms with E-state index >= 15 is 0 Å². The average Bonchev–Trinajstić information content (AvgIpc) is 3.17. The van der Waals surface area contributed by atoms with E-state index in [1.165, 1.54) is 28.7 Å². The Hall–Kier alpha value is -3.25. The number of ether oxygens (including phenoxy) is 1. The van der Waals surface area contributed by atoms with Crippen LogP contribution in [-0.2, 0) is 14.8 Å². The van der Waals surface area contributed by atoms with Crippen molar-refractivity contribution in [2.24, 2.45) is 0 Å². The molecule has 1 aliphatic heterocycles. The first-order valence-electron chi connectivity index (χ1n) is 10.8. The normalized spacial score (nSPS) is 17.3. The van der Waals surface area contributed by atoms with Gasteiger partial charge in [-0.2, -0.15) is 17.5 Å². The fourth-order valence-electron chi connectivity index (χ4n) is 4.03. The van der Waals surface area contributed by atoms with E-state index in [0.29, 0.717) is 24.2 Å². The highest BCUT2D eigenvalue weighted by molar-refractivity contribution is 7.89. The van der Waals surface area contributed by atoms with Crippen LogP contribution >= 0.6 is 0 Å². The summed E-state index contributed by atoms with van der Waals surface area (Å²) in [5, 5.41) is 0. The van der Waals surface area contributed by atoms with E-state index < -0.39 is 28.1 Å². The molecule has 1 unspecified atom stereocenters. The zero-order chi connectivity index (χ0) is 25.4. The van der Waals surface area contributed by atoms with Crippen LogP contribution in [0.15, 0.2) is 47.5 Å². The van der Waals surface area contributed by atoms with Crippen LogP contribution in [0.2, 0.25) is 0 Å². The smallest absolute Gasteiger partial charge is 0.417 e. The summed E-state index contributed by atoms with van der Waals surface area (Å²) in [5.74, 6) is -3.15. The summed E-state index contributed by atoms with van der Waals surface area (Å²) in [6, 6.07) is 9.37. The summed E-state index contributed by atoms with van der Waals surface area (Å²) in [4.78, 5) is 23.3. The van der Waals surface area contributed by atoms with Crippen molar-refractivity contribution in [1.29, 1.82) is 0 Å². The van der Waals surface area contributed by atoms with E-state index in [1.807, 2.05) is 0 Å². The van der Waals surface area contributed by atoms with Gasteiger partial charge < -0.3 is 9.72 Å². The van der Waals surface area contributed by atoms with Crippen LogP contribution in [0.4, 0.5) is 13.2 Å². The number of hydrogen-bond donors (Lipinski definition) is 1. The van der Waals surface area contributed by atoms with E-state index in [4.69, 9.17) is 4.74 Å². The zero-order valence-electron chi connectivity index (χ0n) is 19.0. The summed E-state index contributed by atoms with van der Waals surface area (Å²) in [5.41, 5.74) is 1.49. The average molecular weight is 509 g/mol. The first-order valence-corrected chi connectivity index (χ1v) is 12.3. The molecule has 0 bridgehead atoms. The van der Waals surface area contributed by atoms with E-state index in [0.717, 1.165) is 0 Å². The third-order valence-electron chi connectivity index (χ3n) is 5.92. The number of benzene rings is 1. The van der Waals surface area contributed by atoms with Gasteiger partial charge in [-0.05, 0) is 44.9 Å². The van der Waals surface area contributed by atoms with Gasteiger partial charge in [-0.25, -0.2) is 23.2 Å². The van der Waals surface area contributed by atoms with Crippen LogP contribution < -0.4 is 4.74 Å². The van der Waals surface area contributed by atoms with Crippen molar-refractivity contribution in [2.45, 2.75) is 43.7 Å². The van der Waals surface area contributed by atoms with Crippen LogP contribution in [0.3, 0.4) is 0 Å². The van der Waals surface area contributed by atoms with Crippen LogP contribution in [0, 0.1) is 13.8 Å². The number of carbonyl (C=O) groups excluding carboxylic acids is 1. The SMILES string of the molecule is Cc1nc(-c2nccc(C3CCCN(S(=O)(=O)c4ccccc4)C3)c2OC(=O)C(F)(F)F)[nH]c1C. The third kappa shape index (κ3) is 5.08. The summed E-state index contributed by atoms with van der Waals surface area (Å²) >= 11 is 0. The van der Waals surface area contributed by atoms with Gasteiger partial charge in [0.25, 0.3) is 0 Å². The molecule has 1 atom stereocenters. The van der Waals surface area contributed by atoms with Gasteiger partial charge in [-0.3, -0.25) is 0 Å². The Morgan fingerprint density at radius 1 is 1.17 bits per heavy atom. The number of rotatable bonds is 5. The quantitative estimate of drug-likeness (QED) is 0.520. The van der Waals surface area contributed by atoms with Gasteiger partial charge >= 0.3 is 12.1 Å². The summed E-state index contributed by atoms with van der Waals surface area (Å²) in [6.45, 7) is 3.73. The molecular weight excluding hydrogens is 485 g/mol. The second-order valence-electron chi connectivity index (χ2n) is 8.28. The van der Waals surface area contributed by atoms with Gasteiger partial charge in [-0.15, -0.1) is 0 Å². The van der Waals surface area contributed by atoms with Crippen molar-refractivity contribution >= 4 is 16.0 Å². The van der Waals surface area contributed by atoms with Crippen molar-refractivity contribution in [2.75, 3.05) is 13.1 Å². The highest BCUT2D eigenvalue weighted by Gasteiger charge is 2.43. The van der Waals surface area contributed by atoms with Crippen molar-refractivity contribution in [3.8, 4) is 17.3 Å². The number of H-pyrrole nitrogens is 1. The maximum atomic E-state index is 13.2. The Morgan fingerprint density at radius 2 is 1.89 bits per heavy atom. The number of aryl methyl sites for hydroxylation is 2. The molecule has 0 amide bonds. The van der Waals surface area contributed by atoms with E-state index in [2.05, 4.69) is 15.0 Å². The molecule has 0 saturated carbocycles. The zero-order valence-corrected chi connectivity index (χ0v) is 19.8. The molecule has 3 aromatic rings. The first kappa shape index (κ1) is 24.9. The largest absolute Gasteiger partial charge is 0.491 e. The Balaban J connectivity index is 1.75. The molecule has 12 heteroatoms.